The number of nitrogens with one attached hydrogen (secondary N) is 1. The molecule has 1 N–H and O–H groups in total. The van der Waals surface area contributed by atoms with E-state index in [2.05, 4.69) is 27.0 Å². The van der Waals surface area contributed by atoms with Crippen molar-refractivity contribution in [1.82, 2.24) is 5.32 Å². The first-order valence-electron chi connectivity index (χ1n) is 4.80. The van der Waals surface area contributed by atoms with Crippen molar-refractivity contribution in [3.63, 3.8) is 0 Å². The Hall–Kier alpha value is -0.420. The van der Waals surface area contributed by atoms with E-state index < -0.39 is 0 Å². The lowest BCUT2D eigenvalue weighted by Crippen LogP contribution is -2.16. The Labute approximate surface area is 88.0 Å². The molecule has 0 aliphatic carbocycles. The summed E-state index contributed by atoms with van der Waals surface area (Å²) in [5.41, 5.74) is 1.42. The van der Waals surface area contributed by atoms with Gasteiger partial charge in [-0.25, -0.2) is 9.78 Å². The van der Waals surface area contributed by atoms with Crippen LogP contribution in [-0.2, 0) is 9.78 Å². The molecule has 0 saturated carbocycles. The Kier molecular flexibility index (Phi) is 3.53. The SMILES string of the molecule is COOC[C@@H]1CNC[C@H]1c1ccsc1. The molecule has 0 spiro atoms. The minimum absolute atomic E-state index is 0.532. The maximum atomic E-state index is 5.01. The highest BCUT2D eigenvalue weighted by atomic mass is 32.1. The normalized spacial score (nSPS) is 26.9. The average Bonchev–Trinajstić information content (AvgIpc) is 2.84. The molecule has 1 aromatic rings. The minimum Gasteiger partial charge on any atom is -0.316 e. The largest absolute Gasteiger partial charge is 0.316 e. The van der Waals surface area contributed by atoms with Gasteiger partial charge in [0.05, 0.1) is 13.7 Å². The highest BCUT2D eigenvalue weighted by molar-refractivity contribution is 7.07. The summed E-state index contributed by atoms with van der Waals surface area (Å²) >= 11 is 1.75. The molecule has 0 bridgehead atoms. The lowest BCUT2D eigenvalue weighted by molar-refractivity contribution is -0.279. The van der Waals surface area contributed by atoms with Crippen molar-refractivity contribution in [2.45, 2.75) is 5.92 Å². The number of hydrogen-bond donors (Lipinski definition) is 1. The molecule has 4 heteroatoms. The minimum atomic E-state index is 0.532. The molecule has 2 atom stereocenters. The van der Waals surface area contributed by atoms with Crippen LogP contribution in [-0.4, -0.2) is 26.8 Å². The van der Waals surface area contributed by atoms with Crippen LogP contribution in [0, 0.1) is 5.92 Å². The molecule has 14 heavy (non-hydrogen) atoms. The summed E-state index contributed by atoms with van der Waals surface area (Å²) < 4.78 is 0. The van der Waals surface area contributed by atoms with Crippen LogP contribution in [0.2, 0.25) is 0 Å². The summed E-state index contributed by atoms with van der Waals surface area (Å²) in [6.45, 7) is 2.74. The number of rotatable bonds is 4. The van der Waals surface area contributed by atoms with Crippen LogP contribution in [0.5, 0.6) is 0 Å². The van der Waals surface area contributed by atoms with Gasteiger partial charge in [0.2, 0.25) is 0 Å². The zero-order valence-corrected chi connectivity index (χ0v) is 9.05. The van der Waals surface area contributed by atoms with Gasteiger partial charge in [0.25, 0.3) is 0 Å². The van der Waals surface area contributed by atoms with E-state index in [1.165, 1.54) is 5.56 Å². The van der Waals surface area contributed by atoms with Gasteiger partial charge in [0.1, 0.15) is 0 Å². The topological polar surface area (TPSA) is 30.5 Å². The van der Waals surface area contributed by atoms with Crippen LogP contribution in [0.1, 0.15) is 11.5 Å². The Balaban J connectivity index is 1.97. The summed E-state index contributed by atoms with van der Waals surface area (Å²) in [7, 11) is 1.56. The maximum absolute atomic E-state index is 5.01. The van der Waals surface area contributed by atoms with Crippen LogP contribution < -0.4 is 5.32 Å². The molecule has 0 unspecified atom stereocenters. The van der Waals surface area contributed by atoms with E-state index in [9.17, 15) is 0 Å². The summed E-state index contributed by atoms with van der Waals surface area (Å²) in [6, 6.07) is 2.20. The third-order valence-electron chi connectivity index (χ3n) is 2.71. The second-order valence-electron chi connectivity index (χ2n) is 3.53. The molecule has 1 fully saturated rings. The molecule has 2 rings (SSSR count). The summed E-state index contributed by atoms with van der Waals surface area (Å²) in [5, 5.41) is 7.74. The maximum Gasteiger partial charge on any atom is 0.0868 e. The average molecular weight is 213 g/mol. The summed E-state index contributed by atoms with van der Waals surface area (Å²) in [5.74, 6) is 1.11. The molecule has 2 heterocycles. The third-order valence-corrected chi connectivity index (χ3v) is 3.41. The lowest BCUT2D eigenvalue weighted by Gasteiger charge is -2.16. The number of hydrogen-bond acceptors (Lipinski definition) is 4. The quantitative estimate of drug-likeness (QED) is 0.609. The van der Waals surface area contributed by atoms with E-state index in [1.54, 1.807) is 18.4 Å². The molecule has 1 aliphatic heterocycles. The Morgan fingerprint density at radius 1 is 1.57 bits per heavy atom. The van der Waals surface area contributed by atoms with E-state index in [4.69, 9.17) is 4.89 Å². The van der Waals surface area contributed by atoms with Gasteiger partial charge in [-0.3, -0.25) is 0 Å². The molecule has 0 radical (unpaired) electrons. The van der Waals surface area contributed by atoms with E-state index in [-0.39, 0.29) is 0 Å². The standard InChI is InChI=1S/C10H15NO2S/c1-12-13-6-9-4-11-5-10(9)8-2-3-14-7-8/h2-3,7,9-11H,4-6H2,1H3/t9-,10-/m0/s1. The second-order valence-corrected chi connectivity index (χ2v) is 4.31. The fraction of sp³-hybridized carbons (Fsp3) is 0.600. The zero-order chi connectivity index (χ0) is 9.80. The first-order valence-corrected chi connectivity index (χ1v) is 5.74. The van der Waals surface area contributed by atoms with Crippen molar-refractivity contribution in [2.75, 3.05) is 26.8 Å². The molecule has 0 amide bonds. The fourth-order valence-corrected chi connectivity index (χ4v) is 2.66. The molecule has 1 saturated heterocycles. The van der Waals surface area contributed by atoms with Gasteiger partial charge in [0, 0.05) is 24.9 Å². The van der Waals surface area contributed by atoms with Crippen molar-refractivity contribution in [3.8, 4) is 0 Å². The predicted octanol–water partition coefficient (Wildman–Crippen LogP) is 1.63. The van der Waals surface area contributed by atoms with E-state index in [0.29, 0.717) is 18.4 Å². The van der Waals surface area contributed by atoms with Crippen molar-refractivity contribution in [3.05, 3.63) is 22.4 Å². The first kappa shape index (κ1) is 10.1. The van der Waals surface area contributed by atoms with Crippen molar-refractivity contribution in [1.29, 1.82) is 0 Å². The third kappa shape index (κ3) is 2.15. The Morgan fingerprint density at radius 3 is 3.21 bits per heavy atom. The fourth-order valence-electron chi connectivity index (χ4n) is 1.94. The van der Waals surface area contributed by atoms with Gasteiger partial charge < -0.3 is 5.32 Å². The van der Waals surface area contributed by atoms with E-state index >= 15 is 0 Å². The van der Waals surface area contributed by atoms with Crippen molar-refractivity contribution < 1.29 is 9.78 Å². The van der Waals surface area contributed by atoms with Gasteiger partial charge in [-0.05, 0) is 22.4 Å². The second kappa shape index (κ2) is 4.89. The van der Waals surface area contributed by atoms with Crippen LogP contribution in [0.25, 0.3) is 0 Å². The van der Waals surface area contributed by atoms with Gasteiger partial charge >= 0.3 is 0 Å². The smallest absolute Gasteiger partial charge is 0.0868 e. The highest BCUT2D eigenvalue weighted by Crippen LogP contribution is 2.29. The summed E-state index contributed by atoms with van der Waals surface area (Å²) in [4.78, 5) is 9.65. The molecule has 1 aromatic heterocycles. The summed E-state index contributed by atoms with van der Waals surface area (Å²) in [6.07, 6.45) is 0. The molecule has 0 aromatic carbocycles. The van der Waals surface area contributed by atoms with Gasteiger partial charge in [0.15, 0.2) is 0 Å². The molecular formula is C10H15NO2S. The van der Waals surface area contributed by atoms with Crippen LogP contribution >= 0.6 is 11.3 Å². The number of thiophene rings is 1. The van der Waals surface area contributed by atoms with E-state index in [1.807, 2.05) is 0 Å². The molecule has 3 nitrogen and oxygen atoms in total. The van der Waals surface area contributed by atoms with E-state index in [0.717, 1.165) is 13.1 Å². The van der Waals surface area contributed by atoms with Gasteiger partial charge in [-0.1, -0.05) is 0 Å². The zero-order valence-electron chi connectivity index (χ0n) is 8.23. The monoisotopic (exact) mass is 213 g/mol. The Morgan fingerprint density at radius 2 is 2.50 bits per heavy atom. The van der Waals surface area contributed by atoms with Crippen molar-refractivity contribution >= 4 is 11.3 Å². The van der Waals surface area contributed by atoms with Crippen LogP contribution in [0.3, 0.4) is 0 Å². The molecule has 1 aliphatic rings. The van der Waals surface area contributed by atoms with Crippen LogP contribution in [0.15, 0.2) is 16.8 Å². The van der Waals surface area contributed by atoms with Gasteiger partial charge in [-0.15, -0.1) is 0 Å². The van der Waals surface area contributed by atoms with Crippen molar-refractivity contribution in [2.24, 2.45) is 5.92 Å². The Bertz CT molecular complexity index is 263. The van der Waals surface area contributed by atoms with Gasteiger partial charge in [-0.2, -0.15) is 11.3 Å². The highest BCUT2D eigenvalue weighted by Gasteiger charge is 2.28. The molecule has 78 valence electrons. The molecular weight excluding hydrogens is 198 g/mol. The first-order chi connectivity index (χ1) is 6.92. The predicted molar refractivity (Wildman–Crippen MR) is 56.4 cm³/mol. The van der Waals surface area contributed by atoms with Crippen LogP contribution in [0.4, 0.5) is 0 Å². The lowest BCUT2D eigenvalue weighted by atomic mass is 9.91.